The van der Waals surface area contributed by atoms with Gasteiger partial charge in [0.2, 0.25) is 12.1 Å². The van der Waals surface area contributed by atoms with Crippen LogP contribution in [-0.4, -0.2) is 14.9 Å². The van der Waals surface area contributed by atoms with E-state index in [4.69, 9.17) is 0 Å². The molecule has 0 atom stereocenters. The first kappa shape index (κ1) is 14.3. The third kappa shape index (κ3) is 2.17. The molecular formula is C18H20N3O+. The van der Waals surface area contributed by atoms with Gasteiger partial charge in [0.1, 0.15) is 0 Å². The van der Waals surface area contributed by atoms with E-state index in [2.05, 4.69) is 6.58 Å². The monoisotopic (exact) mass is 294 g/mol. The van der Waals surface area contributed by atoms with Crippen molar-refractivity contribution >= 4 is 23.0 Å². The van der Waals surface area contributed by atoms with Gasteiger partial charge in [-0.2, -0.15) is 0 Å². The lowest BCUT2D eigenvalue weighted by Crippen LogP contribution is -2.36. The fraction of sp³-hybridized carbons (Fsp3) is 0.222. The van der Waals surface area contributed by atoms with Gasteiger partial charge in [0, 0.05) is 24.0 Å². The van der Waals surface area contributed by atoms with Crippen LogP contribution in [0.25, 0.3) is 17.2 Å². The molecule has 0 saturated carbocycles. The zero-order valence-electron chi connectivity index (χ0n) is 13.2. The quantitative estimate of drug-likeness (QED) is 0.537. The summed E-state index contributed by atoms with van der Waals surface area (Å²) in [4.78, 5) is 12.7. The van der Waals surface area contributed by atoms with Gasteiger partial charge in [-0.3, -0.25) is 4.79 Å². The van der Waals surface area contributed by atoms with Gasteiger partial charge in [-0.1, -0.05) is 18.7 Å². The third-order valence-corrected chi connectivity index (χ3v) is 4.32. The number of hydrogen-bond acceptors (Lipinski definition) is 1. The van der Waals surface area contributed by atoms with E-state index in [1.165, 1.54) is 0 Å². The van der Waals surface area contributed by atoms with Crippen LogP contribution in [0, 0.1) is 13.8 Å². The summed E-state index contributed by atoms with van der Waals surface area (Å²) in [7, 11) is 1.98. The Morgan fingerprint density at radius 2 is 2.05 bits per heavy atom. The summed E-state index contributed by atoms with van der Waals surface area (Å²) in [6.45, 7) is 8.15. The van der Waals surface area contributed by atoms with Crippen molar-refractivity contribution in [1.82, 2.24) is 9.13 Å². The van der Waals surface area contributed by atoms with E-state index in [0.717, 1.165) is 28.0 Å². The van der Waals surface area contributed by atoms with Crippen molar-refractivity contribution < 1.29 is 9.36 Å². The molecular weight excluding hydrogens is 274 g/mol. The highest BCUT2D eigenvalue weighted by molar-refractivity contribution is 5.96. The minimum atomic E-state index is 0.123. The van der Waals surface area contributed by atoms with E-state index in [9.17, 15) is 4.79 Å². The van der Waals surface area contributed by atoms with Gasteiger partial charge in [-0.05, 0) is 32.0 Å². The fourth-order valence-corrected chi connectivity index (χ4v) is 2.85. The average molecular weight is 294 g/mol. The Hall–Kier alpha value is -2.62. The van der Waals surface area contributed by atoms with Crippen molar-refractivity contribution in [3.8, 4) is 0 Å². The maximum Gasteiger partial charge on any atom is 0.249 e. The summed E-state index contributed by atoms with van der Waals surface area (Å²) < 4.78 is 5.96. The maximum atomic E-state index is 12.7. The van der Waals surface area contributed by atoms with Gasteiger partial charge in [0.25, 0.3) is 0 Å². The Morgan fingerprint density at radius 1 is 1.32 bits per heavy atom. The Kier molecular flexibility index (Phi) is 3.45. The second-order valence-electron chi connectivity index (χ2n) is 5.59. The number of rotatable bonds is 4. The van der Waals surface area contributed by atoms with Gasteiger partial charge in [0.15, 0.2) is 17.6 Å². The molecule has 0 unspecified atom stereocenters. The minimum Gasteiger partial charge on any atom is -0.351 e. The lowest BCUT2D eigenvalue weighted by molar-refractivity contribution is -0.657. The van der Waals surface area contributed by atoms with Crippen molar-refractivity contribution in [1.29, 1.82) is 0 Å². The normalized spacial score (nSPS) is 11.0. The molecule has 0 aliphatic carbocycles. The van der Waals surface area contributed by atoms with E-state index in [1.807, 2.05) is 71.3 Å². The molecule has 0 fully saturated rings. The molecule has 4 heteroatoms. The number of carbonyl (C=O) groups is 1. The Balaban J connectivity index is 2.01. The number of carbonyl (C=O) groups excluding carboxylic acids is 1. The number of ketones is 1. The smallest absolute Gasteiger partial charge is 0.249 e. The molecule has 0 aliphatic heterocycles. The van der Waals surface area contributed by atoms with E-state index in [0.29, 0.717) is 6.54 Å². The predicted octanol–water partition coefficient (Wildman–Crippen LogP) is 2.87. The van der Waals surface area contributed by atoms with Crippen LogP contribution in [0.4, 0.5) is 0 Å². The molecule has 112 valence electrons. The largest absolute Gasteiger partial charge is 0.351 e. The molecule has 0 spiro atoms. The van der Waals surface area contributed by atoms with E-state index in [-0.39, 0.29) is 5.78 Å². The zero-order chi connectivity index (χ0) is 15.9. The number of nitrogens with zero attached hydrogens (tertiary/aromatic N) is 3. The molecule has 0 radical (unpaired) electrons. The Labute approximate surface area is 129 Å². The molecule has 4 nitrogen and oxygen atoms in total. The molecule has 0 saturated heterocycles. The summed E-state index contributed by atoms with van der Waals surface area (Å²) in [6, 6.07) is 9.97. The van der Waals surface area contributed by atoms with Crippen LogP contribution in [-0.2, 0) is 13.6 Å². The molecule has 0 aliphatic rings. The molecule has 1 aromatic carbocycles. The van der Waals surface area contributed by atoms with Gasteiger partial charge in [0.05, 0.1) is 6.20 Å². The zero-order valence-corrected chi connectivity index (χ0v) is 13.2. The molecule has 3 aromatic rings. The first-order chi connectivity index (χ1) is 10.5. The number of fused-ring (bicyclic) bond motifs is 1. The molecule has 22 heavy (non-hydrogen) atoms. The maximum absolute atomic E-state index is 12.7. The minimum absolute atomic E-state index is 0.123. The molecule has 2 aromatic heterocycles. The predicted molar refractivity (Wildman–Crippen MR) is 87.7 cm³/mol. The molecule has 3 rings (SSSR count). The Morgan fingerprint density at radius 3 is 2.68 bits per heavy atom. The number of para-hydroxylation sites is 2. The summed E-state index contributed by atoms with van der Waals surface area (Å²) in [5.74, 6) is 0.123. The lowest BCUT2D eigenvalue weighted by atomic mass is 10.1. The van der Waals surface area contributed by atoms with Crippen LogP contribution in [0.2, 0.25) is 0 Å². The molecule has 0 amide bonds. The number of hydrogen-bond donors (Lipinski definition) is 0. The fourth-order valence-electron chi connectivity index (χ4n) is 2.85. The van der Waals surface area contributed by atoms with Crippen molar-refractivity contribution in [2.24, 2.45) is 7.05 Å². The highest BCUT2D eigenvalue weighted by Gasteiger charge is 2.20. The van der Waals surface area contributed by atoms with Crippen molar-refractivity contribution in [3.63, 3.8) is 0 Å². The third-order valence-electron chi connectivity index (χ3n) is 4.32. The molecule has 0 N–H and O–H groups in total. The van der Waals surface area contributed by atoms with Crippen LogP contribution in [0.15, 0.2) is 43.2 Å². The molecule has 2 heterocycles. The van der Waals surface area contributed by atoms with E-state index >= 15 is 0 Å². The summed E-state index contributed by atoms with van der Waals surface area (Å²) in [6.07, 6.45) is 3.67. The van der Waals surface area contributed by atoms with E-state index in [1.54, 1.807) is 6.20 Å². The number of imidazole rings is 1. The number of benzene rings is 1. The number of aryl methyl sites for hydroxylation is 1. The van der Waals surface area contributed by atoms with E-state index < -0.39 is 0 Å². The van der Waals surface area contributed by atoms with Crippen LogP contribution < -0.4 is 4.57 Å². The second kappa shape index (κ2) is 5.30. The lowest BCUT2D eigenvalue weighted by Gasteiger charge is -2.01. The van der Waals surface area contributed by atoms with Crippen LogP contribution in [0.3, 0.4) is 0 Å². The first-order valence-corrected chi connectivity index (χ1v) is 7.30. The standard InChI is InChI=1S/C18H20N3O/c1-5-20-12-21(17-9-7-6-8-16(17)20)11-18(22)15-10-13(2)19(4)14(15)3/h5-10,12H,1,11H2,2-4H3/q+1. The number of aromatic nitrogens is 3. The topological polar surface area (TPSA) is 30.8 Å². The SMILES string of the molecule is C=Cn1c[n+](CC(=O)c2cc(C)n(C)c2C)c2ccccc21. The second-order valence-corrected chi connectivity index (χ2v) is 5.59. The van der Waals surface area contributed by atoms with Gasteiger partial charge in [-0.25, -0.2) is 9.13 Å². The summed E-state index contributed by atoms with van der Waals surface area (Å²) in [5.41, 5.74) is 4.98. The van der Waals surface area contributed by atoms with Crippen molar-refractivity contribution in [2.45, 2.75) is 20.4 Å². The van der Waals surface area contributed by atoms with Gasteiger partial charge >= 0.3 is 0 Å². The highest BCUT2D eigenvalue weighted by atomic mass is 16.1. The van der Waals surface area contributed by atoms with Gasteiger partial charge < -0.3 is 4.57 Å². The summed E-state index contributed by atoms with van der Waals surface area (Å²) in [5, 5.41) is 0. The average Bonchev–Trinajstić information content (AvgIpc) is 3.00. The van der Waals surface area contributed by atoms with Crippen LogP contribution in [0.5, 0.6) is 0 Å². The highest BCUT2D eigenvalue weighted by Crippen LogP contribution is 2.15. The number of Topliss-reactive ketones (excluding diaryl/α,β-unsaturated/α-hetero) is 1. The first-order valence-electron chi connectivity index (χ1n) is 7.30. The van der Waals surface area contributed by atoms with Crippen molar-refractivity contribution in [2.75, 3.05) is 0 Å². The van der Waals surface area contributed by atoms with Crippen molar-refractivity contribution in [3.05, 3.63) is 60.2 Å². The van der Waals surface area contributed by atoms with Crippen LogP contribution in [0.1, 0.15) is 21.7 Å². The van der Waals surface area contributed by atoms with Gasteiger partial charge in [-0.15, -0.1) is 0 Å². The molecule has 0 bridgehead atoms. The Bertz CT molecular complexity index is 883. The summed E-state index contributed by atoms with van der Waals surface area (Å²) >= 11 is 0. The van der Waals surface area contributed by atoms with Crippen LogP contribution >= 0.6 is 0 Å².